The summed E-state index contributed by atoms with van der Waals surface area (Å²) in [5.74, 6) is 0.0870. The molecule has 1 heterocycles. The van der Waals surface area contributed by atoms with Crippen LogP contribution in [0, 0.1) is 0 Å². The van der Waals surface area contributed by atoms with E-state index in [2.05, 4.69) is 4.98 Å². The standard InChI is InChI=1S/C11H16N2O2/c1-4-9(13(2)3)11(14)15-10-7-5-6-8-12-10/h5-9H,4H2,1-3H3. The van der Waals surface area contributed by atoms with E-state index in [4.69, 9.17) is 4.74 Å². The predicted molar refractivity (Wildman–Crippen MR) is 57.6 cm³/mol. The summed E-state index contributed by atoms with van der Waals surface area (Å²) in [6.07, 6.45) is 2.32. The Hall–Kier alpha value is -1.42. The van der Waals surface area contributed by atoms with Gasteiger partial charge in [0.05, 0.1) is 0 Å². The first kappa shape index (κ1) is 11.7. The Morgan fingerprint density at radius 3 is 2.73 bits per heavy atom. The van der Waals surface area contributed by atoms with E-state index in [-0.39, 0.29) is 12.0 Å². The second-order valence-electron chi connectivity index (χ2n) is 3.48. The zero-order chi connectivity index (χ0) is 11.3. The summed E-state index contributed by atoms with van der Waals surface area (Å²) in [6, 6.07) is 5.01. The van der Waals surface area contributed by atoms with Gasteiger partial charge in [-0.2, -0.15) is 0 Å². The van der Waals surface area contributed by atoms with Crippen LogP contribution in [0.4, 0.5) is 0 Å². The van der Waals surface area contributed by atoms with Gasteiger partial charge in [-0.15, -0.1) is 0 Å². The molecule has 15 heavy (non-hydrogen) atoms. The van der Waals surface area contributed by atoms with Crippen molar-refractivity contribution in [3.63, 3.8) is 0 Å². The molecule has 1 atom stereocenters. The molecule has 0 spiro atoms. The molecule has 0 amide bonds. The molecule has 0 saturated heterocycles. The fourth-order valence-corrected chi connectivity index (χ4v) is 1.32. The predicted octanol–water partition coefficient (Wildman–Crippen LogP) is 1.33. The third-order valence-corrected chi connectivity index (χ3v) is 2.13. The molecule has 4 heteroatoms. The summed E-state index contributed by atoms with van der Waals surface area (Å²) in [5.41, 5.74) is 0. The van der Waals surface area contributed by atoms with Crippen molar-refractivity contribution >= 4 is 5.97 Å². The monoisotopic (exact) mass is 208 g/mol. The van der Waals surface area contributed by atoms with Crippen molar-refractivity contribution in [3.8, 4) is 5.88 Å². The Kier molecular flexibility index (Phi) is 4.24. The third-order valence-electron chi connectivity index (χ3n) is 2.13. The quantitative estimate of drug-likeness (QED) is 0.700. The highest BCUT2D eigenvalue weighted by Gasteiger charge is 2.20. The number of carbonyl (C=O) groups excluding carboxylic acids is 1. The van der Waals surface area contributed by atoms with Gasteiger partial charge in [-0.3, -0.25) is 4.90 Å². The van der Waals surface area contributed by atoms with Crippen LogP contribution < -0.4 is 4.74 Å². The Bertz CT molecular complexity index is 312. The van der Waals surface area contributed by atoms with Gasteiger partial charge in [0.1, 0.15) is 6.04 Å². The number of rotatable bonds is 4. The van der Waals surface area contributed by atoms with Crippen LogP contribution in [-0.4, -0.2) is 36.0 Å². The molecule has 82 valence electrons. The summed E-state index contributed by atoms with van der Waals surface area (Å²) in [5, 5.41) is 0. The van der Waals surface area contributed by atoms with E-state index in [1.165, 1.54) is 0 Å². The van der Waals surface area contributed by atoms with Gasteiger partial charge < -0.3 is 4.74 Å². The topological polar surface area (TPSA) is 42.4 Å². The van der Waals surface area contributed by atoms with Crippen molar-refractivity contribution in [2.24, 2.45) is 0 Å². The Balaban J connectivity index is 2.62. The van der Waals surface area contributed by atoms with Gasteiger partial charge in [0.2, 0.25) is 5.88 Å². The molecule has 1 rings (SSSR count). The normalized spacial score (nSPS) is 12.5. The van der Waals surface area contributed by atoms with Crippen molar-refractivity contribution in [1.82, 2.24) is 9.88 Å². The lowest BCUT2D eigenvalue weighted by atomic mass is 10.2. The van der Waals surface area contributed by atoms with Crippen molar-refractivity contribution in [2.45, 2.75) is 19.4 Å². The Morgan fingerprint density at radius 1 is 1.53 bits per heavy atom. The molecule has 0 aliphatic rings. The lowest BCUT2D eigenvalue weighted by Crippen LogP contribution is -2.38. The van der Waals surface area contributed by atoms with E-state index in [9.17, 15) is 4.79 Å². The van der Waals surface area contributed by atoms with Gasteiger partial charge in [-0.25, -0.2) is 9.78 Å². The van der Waals surface area contributed by atoms with Gasteiger partial charge >= 0.3 is 5.97 Å². The van der Waals surface area contributed by atoms with E-state index >= 15 is 0 Å². The number of esters is 1. The highest BCUT2D eigenvalue weighted by Crippen LogP contribution is 2.08. The van der Waals surface area contributed by atoms with E-state index < -0.39 is 0 Å². The van der Waals surface area contributed by atoms with Crippen molar-refractivity contribution in [2.75, 3.05) is 14.1 Å². The molecule has 0 aliphatic carbocycles. The molecule has 1 aromatic heterocycles. The first-order valence-electron chi connectivity index (χ1n) is 4.94. The first-order valence-corrected chi connectivity index (χ1v) is 4.94. The minimum atomic E-state index is -0.263. The highest BCUT2D eigenvalue weighted by atomic mass is 16.5. The molecule has 1 unspecified atom stereocenters. The number of nitrogens with zero attached hydrogens (tertiary/aromatic N) is 2. The number of likely N-dealkylation sites (N-methyl/N-ethyl adjacent to an activating group) is 1. The molecule has 0 aliphatic heterocycles. The molecule has 0 N–H and O–H groups in total. The van der Waals surface area contributed by atoms with Gasteiger partial charge in [-0.1, -0.05) is 13.0 Å². The average molecular weight is 208 g/mol. The molecule has 1 aromatic rings. The van der Waals surface area contributed by atoms with Crippen LogP contribution >= 0.6 is 0 Å². The van der Waals surface area contributed by atoms with E-state index in [0.29, 0.717) is 5.88 Å². The van der Waals surface area contributed by atoms with Crippen LogP contribution in [0.2, 0.25) is 0 Å². The van der Waals surface area contributed by atoms with Crippen molar-refractivity contribution < 1.29 is 9.53 Å². The maximum Gasteiger partial charge on any atom is 0.330 e. The molecule has 4 nitrogen and oxygen atoms in total. The van der Waals surface area contributed by atoms with Crippen molar-refractivity contribution in [3.05, 3.63) is 24.4 Å². The van der Waals surface area contributed by atoms with Gasteiger partial charge in [0, 0.05) is 12.3 Å². The summed E-state index contributed by atoms with van der Waals surface area (Å²) < 4.78 is 5.14. The largest absolute Gasteiger partial charge is 0.406 e. The minimum Gasteiger partial charge on any atom is -0.406 e. The molecular weight excluding hydrogens is 192 g/mol. The molecule has 0 aromatic carbocycles. The summed E-state index contributed by atoms with van der Waals surface area (Å²) in [4.78, 5) is 17.5. The fraction of sp³-hybridized carbons (Fsp3) is 0.455. The van der Waals surface area contributed by atoms with Crippen LogP contribution in [0.15, 0.2) is 24.4 Å². The van der Waals surface area contributed by atoms with Crippen LogP contribution in [0.25, 0.3) is 0 Å². The van der Waals surface area contributed by atoms with Crippen LogP contribution in [0.1, 0.15) is 13.3 Å². The second kappa shape index (κ2) is 5.46. The van der Waals surface area contributed by atoms with E-state index in [0.717, 1.165) is 6.42 Å². The maximum absolute atomic E-state index is 11.7. The number of hydrogen-bond donors (Lipinski definition) is 0. The second-order valence-corrected chi connectivity index (χ2v) is 3.48. The number of pyridine rings is 1. The molecule has 0 bridgehead atoms. The number of ether oxygens (including phenoxy) is 1. The van der Waals surface area contributed by atoms with Crippen LogP contribution in [0.5, 0.6) is 5.88 Å². The Morgan fingerprint density at radius 2 is 2.27 bits per heavy atom. The summed E-state index contributed by atoms with van der Waals surface area (Å²) in [7, 11) is 3.71. The summed E-state index contributed by atoms with van der Waals surface area (Å²) >= 11 is 0. The number of carbonyl (C=O) groups is 1. The first-order chi connectivity index (χ1) is 7.15. The van der Waals surface area contributed by atoms with Gasteiger partial charge in [0.15, 0.2) is 0 Å². The SMILES string of the molecule is CCC(C(=O)Oc1ccccn1)N(C)C. The van der Waals surface area contributed by atoms with Gasteiger partial charge in [-0.05, 0) is 26.6 Å². The van der Waals surface area contributed by atoms with Crippen molar-refractivity contribution in [1.29, 1.82) is 0 Å². The molecule has 0 fully saturated rings. The van der Waals surface area contributed by atoms with Crippen LogP contribution in [-0.2, 0) is 4.79 Å². The molecule has 0 radical (unpaired) electrons. The summed E-state index contributed by atoms with van der Waals surface area (Å²) in [6.45, 7) is 1.95. The number of aromatic nitrogens is 1. The maximum atomic E-state index is 11.7. The third kappa shape index (κ3) is 3.32. The zero-order valence-electron chi connectivity index (χ0n) is 9.30. The Labute approximate surface area is 89.9 Å². The van der Waals surface area contributed by atoms with E-state index in [1.807, 2.05) is 25.9 Å². The van der Waals surface area contributed by atoms with Crippen LogP contribution in [0.3, 0.4) is 0 Å². The molecule has 0 saturated carbocycles. The average Bonchev–Trinajstić information content (AvgIpc) is 2.19. The highest BCUT2D eigenvalue weighted by molar-refractivity contribution is 5.77. The molecular formula is C11H16N2O2. The fourth-order valence-electron chi connectivity index (χ4n) is 1.32. The smallest absolute Gasteiger partial charge is 0.330 e. The van der Waals surface area contributed by atoms with E-state index in [1.54, 1.807) is 24.4 Å². The minimum absolute atomic E-state index is 0.216. The number of hydrogen-bond acceptors (Lipinski definition) is 4. The van der Waals surface area contributed by atoms with Gasteiger partial charge in [0.25, 0.3) is 0 Å². The zero-order valence-corrected chi connectivity index (χ0v) is 9.30. The lowest BCUT2D eigenvalue weighted by Gasteiger charge is -2.20. The lowest BCUT2D eigenvalue weighted by molar-refractivity contribution is -0.139.